The van der Waals surface area contributed by atoms with Crippen LogP contribution in [0.3, 0.4) is 0 Å². The summed E-state index contributed by atoms with van der Waals surface area (Å²) in [7, 11) is 1.26. The number of rotatable bonds is 5. The van der Waals surface area contributed by atoms with Crippen molar-refractivity contribution in [3.8, 4) is 0 Å². The van der Waals surface area contributed by atoms with Crippen molar-refractivity contribution in [3.63, 3.8) is 0 Å². The van der Waals surface area contributed by atoms with E-state index in [0.717, 1.165) is 0 Å². The lowest BCUT2D eigenvalue weighted by molar-refractivity contribution is -0.118. The molecule has 7 nitrogen and oxygen atoms in total. The van der Waals surface area contributed by atoms with Crippen molar-refractivity contribution in [2.75, 3.05) is 12.4 Å². The fourth-order valence-electron chi connectivity index (χ4n) is 2.46. The summed E-state index contributed by atoms with van der Waals surface area (Å²) in [4.78, 5) is 37.1. The number of nitrogens with one attached hydrogen (secondary N) is 2. The van der Waals surface area contributed by atoms with Crippen LogP contribution in [0.5, 0.6) is 0 Å². The monoisotopic (exact) mass is 384 g/mol. The summed E-state index contributed by atoms with van der Waals surface area (Å²) >= 11 is 0. The Balaban J connectivity index is 2.28. The maximum Gasteiger partial charge on any atom is 0.408 e. The van der Waals surface area contributed by atoms with E-state index in [4.69, 9.17) is 9.47 Å². The molecule has 0 aliphatic rings. The highest BCUT2D eigenvalue weighted by atomic mass is 16.6. The summed E-state index contributed by atoms with van der Waals surface area (Å²) in [6, 6.07) is 14.2. The van der Waals surface area contributed by atoms with Gasteiger partial charge in [-0.05, 0) is 38.5 Å². The third-order valence-electron chi connectivity index (χ3n) is 3.65. The predicted molar refractivity (Wildman–Crippen MR) is 105 cm³/mol. The van der Waals surface area contributed by atoms with Crippen LogP contribution in [0.2, 0.25) is 0 Å². The maximum atomic E-state index is 12.9. The fourth-order valence-corrected chi connectivity index (χ4v) is 2.46. The Morgan fingerprint density at radius 3 is 2.14 bits per heavy atom. The van der Waals surface area contributed by atoms with Crippen LogP contribution in [0.15, 0.2) is 54.6 Å². The molecule has 0 heterocycles. The zero-order chi connectivity index (χ0) is 20.7. The van der Waals surface area contributed by atoms with Crippen LogP contribution in [-0.2, 0) is 14.3 Å². The second kappa shape index (κ2) is 9.03. The molecule has 0 aliphatic heterocycles. The number of esters is 1. The first-order chi connectivity index (χ1) is 13.2. The first-order valence-corrected chi connectivity index (χ1v) is 8.74. The van der Waals surface area contributed by atoms with E-state index in [9.17, 15) is 14.4 Å². The van der Waals surface area contributed by atoms with Gasteiger partial charge in [0, 0.05) is 0 Å². The van der Waals surface area contributed by atoms with Crippen molar-refractivity contribution >= 4 is 23.7 Å². The molecule has 28 heavy (non-hydrogen) atoms. The molecule has 2 N–H and O–H groups in total. The topological polar surface area (TPSA) is 93.7 Å². The smallest absolute Gasteiger partial charge is 0.408 e. The van der Waals surface area contributed by atoms with Crippen molar-refractivity contribution in [1.29, 1.82) is 0 Å². The van der Waals surface area contributed by atoms with E-state index in [1.54, 1.807) is 75.4 Å². The largest absolute Gasteiger partial charge is 0.465 e. The number of ether oxygens (including phenoxy) is 2. The van der Waals surface area contributed by atoms with Gasteiger partial charge in [-0.1, -0.05) is 42.5 Å². The van der Waals surface area contributed by atoms with Crippen LogP contribution in [0.4, 0.5) is 10.5 Å². The molecule has 2 rings (SSSR count). The SMILES string of the molecule is COC(=O)c1ccccc1NC(=O)C(NC(=O)OC(C)(C)C)c1ccccc1. The van der Waals surface area contributed by atoms with Crippen molar-refractivity contribution in [2.45, 2.75) is 32.4 Å². The summed E-state index contributed by atoms with van der Waals surface area (Å²) in [6.07, 6.45) is -0.724. The summed E-state index contributed by atoms with van der Waals surface area (Å²) in [5.74, 6) is -1.10. The Morgan fingerprint density at radius 1 is 0.929 bits per heavy atom. The van der Waals surface area contributed by atoms with E-state index >= 15 is 0 Å². The number of hydrogen-bond donors (Lipinski definition) is 2. The number of anilines is 1. The van der Waals surface area contributed by atoms with Crippen LogP contribution in [-0.4, -0.2) is 30.7 Å². The van der Waals surface area contributed by atoms with Crippen LogP contribution in [0.25, 0.3) is 0 Å². The maximum absolute atomic E-state index is 12.9. The molecule has 148 valence electrons. The van der Waals surface area contributed by atoms with Gasteiger partial charge in [-0.25, -0.2) is 9.59 Å². The molecule has 2 aromatic rings. The lowest BCUT2D eigenvalue weighted by atomic mass is 10.1. The van der Waals surface area contributed by atoms with Crippen molar-refractivity contribution in [1.82, 2.24) is 5.32 Å². The van der Waals surface area contributed by atoms with Crippen LogP contribution < -0.4 is 10.6 Å². The average molecular weight is 384 g/mol. The van der Waals surface area contributed by atoms with Gasteiger partial charge in [-0.2, -0.15) is 0 Å². The lowest BCUT2D eigenvalue weighted by Crippen LogP contribution is -2.40. The van der Waals surface area contributed by atoms with Crippen LogP contribution in [0, 0.1) is 0 Å². The zero-order valence-corrected chi connectivity index (χ0v) is 16.3. The number of hydrogen-bond acceptors (Lipinski definition) is 5. The van der Waals surface area contributed by atoms with Gasteiger partial charge in [0.25, 0.3) is 5.91 Å². The molecule has 0 saturated heterocycles. The van der Waals surface area contributed by atoms with Gasteiger partial charge in [0.05, 0.1) is 18.4 Å². The normalized spacial score (nSPS) is 11.9. The minimum absolute atomic E-state index is 0.211. The van der Waals surface area contributed by atoms with Gasteiger partial charge in [-0.15, -0.1) is 0 Å². The van der Waals surface area contributed by atoms with Gasteiger partial charge < -0.3 is 20.1 Å². The molecule has 0 saturated carbocycles. The first-order valence-electron chi connectivity index (χ1n) is 8.74. The Kier molecular flexibility index (Phi) is 6.76. The molecule has 0 fully saturated rings. The second-order valence-corrected chi connectivity index (χ2v) is 7.02. The number of amides is 2. The summed E-state index contributed by atoms with van der Waals surface area (Å²) in [6.45, 7) is 5.20. The predicted octanol–water partition coefficient (Wildman–Crippen LogP) is 3.68. The number of carbonyl (C=O) groups is 3. The quantitative estimate of drug-likeness (QED) is 0.767. The van der Waals surface area contributed by atoms with E-state index in [0.29, 0.717) is 5.56 Å². The molecule has 0 bridgehead atoms. The van der Waals surface area contributed by atoms with Crippen LogP contribution >= 0.6 is 0 Å². The molecule has 0 spiro atoms. The number of benzene rings is 2. The molecular formula is C21H24N2O5. The Morgan fingerprint density at radius 2 is 1.54 bits per heavy atom. The van der Waals surface area contributed by atoms with E-state index in [1.807, 2.05) is 0 Å². The third kappa shape index (κ3) is 5.84. The van der Waals surface area contributed by atoms with Crippen LogP contribution in [0.1, 0.15) is 42.7 Å². The van der Waals surface area contributed by atoms with Gasteiger partial charge >= 0.3 is 12.1 Å². The number of para-hydroxylation sites is 1. The van der Waals surface area contributed by atoms with Crippen molar-refractivity contribution in [2.24, 2.45) is 0 Å². The van der Waals surface area contributed by atoms with Crippen molar-refractivity contribution < 1.29 is 23.9 Å². The standard InChI is InChI=1S/C21H24N2O5/c1-21(2,3)28-20(26)23-17(14-10-6-5-7-11-14)18(24)22-16-13-9-8-12-15(16)19(25)27-4/h5-13,17H,1-4H3,(H,22,24)(H,23,26). The highest BCUT2D eigenvalue weighted by Crippen LogP contribution is 2.20. The summed E-state index contributed by atoms with van der Waals surface area (Å²) in [5.41, 5.74) is 0.356. The molecular weight excluding hydrogens is 360 g/mol. The molecule has 2 amide bonds. The zero-order valence-electron chi connectivity index (χ0n) is 16.3. The van der Waals surface area contributed by atoms with E-state index in [-0.39, 0.29) is 11.3 Å². The molecule has 0 aliphatic carbocycles. The number of alkyl carbamates (subject to hydrolysis) is 1. The molecule has 0 radical (unpaired) electrons. The molecule has 0 aromatic heterocycles. The minimum atomic E-state index is -1.01. The Hall–Kier alpha value is -3.35. The number of methoxy groups -OCH3 is 1. The number of carbonyl (C=O) groups excluding carboxylic acids is 3. The van der Waals surface area contributed by atoms with E-state index < -0.39 is 29.6 Å². The van der Waals surface area contributed by atoms with Gasteiger partial charge in [0.15, 0.2) is 0 Å². The first kappa shape index (κ1) is 21.0. The molecule has 1 atom stereocenters. The van der Waals surface area contributed by atoms with E-state index in [2.05, 4.69) is 10.6 Å². The third-order valence-corrected chi connectivity index (χ3v) is 3.65. The average Bonchev–Trinajstić information content (AvgIpc) is 2.65. The van der Waals surface area contributed by atoms with Gasteiger partial charge in [-0.3, -0.25) is 4.79 Å². The highest BCUT2D eigenvalue weighted by Gasteiger charge is 2.26. The minimum Gasteiger partial charge on any atom is -0.465 e. The summed E-state index contributed by atoms with van der Waals surface area (Å²) < 4.78 is 10.0. The van der Waals surface area contributed by atoms with Gasteiger partial charge in [0.2, 0.25) is 0 Å². The molecule has 2 aromatic carbocycles. The van der Waals surface area contributed by atoms with Crippen molar-refractivity contribution in [3.05, 3.63) is 65.7 Å². The highest BCUT2D eigenvalue weighted by molar-refractivity contribution is 6.03. The molecule has 1 unspecified atom stereocenters. The van der Waals surface area contributed by atoms with Gasteiger partial charge in [0.1, 0.15) is 11.6 Å². The Labute approximate surface area is 164 Å². The van der Waals surface area contributed by atoms with E-state index in [1.165, 1.54) is 7.11 Å². The second-order valence-electron chi connectivity index (χ2n) is 7.02. The summed E-state index contributed by atoms with van der Waals surface area (Å²) in [5, 5.41) is 5.27. The Bertz CT molecular complexity index is 843. The molecule has 7 heteroatoms. The lowest BCUT2D eigenvalue weighted by Gasteiger charge is -2.23. The fraction of sp³-hybridized carbons (Fsp3) is 0.286.